The minimum Gasteiger partial charge on any atom is -0.494 e. The fourth-order valence-electron chi connectivity index (χ4n) is 5.80. The molecule has 2 aromatic rings. The van der Waals surface area contributed by atoms with E-state index in [9.17, 15) is 19.4 Å². The monoisotopic (exact) mass is 606 g/mol. The lowest BCUT2D eigenvalue weighted by Gasteiger charge is -2.30. The number of allylic oxidation sites excluding steroid dienone is 2. The van der Waals surface area contributed by atoms with Crippen molar-refractivity contribution in [1.82, 2.24) is 10.3 Å². The number of nitrogens with one attached hydrogen (secondary N) is 2. The number of aliphatic hydroxyl groups excluding tert-OH is 1. The molecule has 2 saturated carbocycles. The maximum absolute atomic E-state index is 15.1. The summed E-state index contributed by atoms with van der Waals surface area (Å²) in [5, 5.41) is 35.7. The number of hydrogen-bond donors (Lipinski definition) is 5. The number of rotatable bonds is 10. The van der Waals surface area contributed by atoms with Gasteiger partial charge in [0.1, 0.15) is 34.9 Å². The molecule has 3 aliphatic carbocycles. The van der Waals surface area contributed by atoms with Crippen molar-refractivity contribution in [3.05, 3.63) is 82.4 Å². The summed E-state index contributed by atoms with van der Waals surface area (Å²) in [4.78, 5) is 20.1. The third-order valence-corrected chi connectivity index (χ3v) is 8.86. The van der Waals surface area contributed by atoms with Crippen molar-refractivity contribution in [2.24, 2.45) is 5.92 Å². The largest absolute Gasteiger partial charge is 0.494 e. The van der Waals surface area contributed by atoms with E-state index < -0.39 is 29.2 Å². The van der Waals surface area contributed by atoms with E-state index in [4.69, 9.17) is 15.1 Å². The number of methoxy groups -OCH3 is 1. The van der Waals surface area contributed by atoms with Crippen LogP contribution in [-0.2, 0) is 15.1 Å². The standard InChI is InChI=1S/C33H37F2N5O4/c1-18-9-25(27(35)14-26(18)34)28-12-23(40-8-7-24(41)16-40)13-30(39-28)33(43,21-3-4-21)17-38-32(42)19-10-20(15-37-22-5-6-22)31(36)29(11-19)44-2/h9-15,21-22,24,36-37,41,43H,3-8,16-17H2,1-2H3,(H,38,42)/p+1/b20-15-,36-31?/t24-,33-/m1/s1. The van der Waals surface area contributed by atoms with Gasteiger partial charge in [-0.2, -0.15) is 0 Å². The molecule has 11 heteroatoms. The van der Waals surface area contributed by atoms with E-state index in [-0.39, 0.29) is 46.4 Å². The number of ether oxygens (including phenoxy) is 1. The van der Waals surface area contributed by atoms with Gasteiger partial charge >= 0.3 is 0 Å². The third-order valence-electron chi connectivity index (χ3n) is 8.86. The SMILES string of the molecule is COC1=CC(C(=O)NC[C@](O)(c2cc(N3CC[C@@H](O)C3)cc(-c3cc(C)c(F)cc3F)n2)C2CC2)=C/C(=C/[NH2+]C2CC2)C1=N. The number of quaternary nitrogens is 1. The smallest absolute Gasteiger partial charge is 0.251 e. The Balaban J connectivity index is 1.32. The average Bonchev–Trinajstić information content (AvgIpc) is 3.95. The molecule has 2 atom stereocenters. The summed E-state index contributed by atoms with van der Waals surface area (Å²) in [5.41, 5.74) is 0.996. The number of aliphatic hydroxyl groups is 2. The number of β-amino-alcohol motifs (C(OH)–C–C–N with tert-alkyl or cyclic N) is 1. The number of hydrogen-bond acceptors (Lipinski definition) is 7. The van der Waals surface area contributed by atoms with Crippen LogP contribution in [0.2, 0.25) is 0 Å². The van der Waals surface area contributed by atoms with Gasteiger partial charge in [0.2, 0.25) is 0 Å². The van der Waals surface area contributed by atoms with E-state index in [1.165, 1.54) is 19.3 Å². The van der Waals surface area contributed by atoms with Crippen LogP contribution in [0.4, 0.5) is 14.5 Å². The highest BCUT2D eigenvalue weighted by atomic mass is 19.1. The number of aromatic nitrogens is 1. The number of anilines is 1. The zero-order chi connectivity index (χ0) is 31.2. The molecular weight excluding hydrogens is 568 g/mol. The van der Waals surface area contributed by atoms with Crippen LogP contribution in [0.15, 0.2) is 59.5 Å². The first-order valence-corrected chi connectivity index (χ1v) is 15.1. The zero-order valence-electron chi connectivity index (χ0n) is 24.9. The Labute approximate surface area is 254 Å². The second-order valence-electron chi connectivity index (χ2n) is 12.3. The second kappa shape index (κ2) is 11.9. The lowest BCUT2D eigenvalue weighted by atomic mass is 9.91. The van der Waals surface area contributed by atoms with Crippen LogP contribution in [0.5, 0.6) is 0 Å². The van der Waals surface area contributed by atoms with Crippen molar-refractivity contribution >= 4 is 17.3 Å². The quantitative estimate of drug-likeness (QED) is 0.282. The second-order valence-corrected chi connectivity index (χ2v) is 12.3. The molecule has 1 aliphatic heterocycles. The Bertz CT molecular complexity index is 1600. The number of aryl methyl sites for hydroxylation is 1. The van der Waals surface area contributed by atoms with Crippen LogP contribution in [0.3, 0.4) is 0 Å². The lowest BCUT2D eigenvalue weighted by molar-refractivity contribution is -0.602. The van der Waals surface area contributed by atoms with Gasteiger partial charge in [-0.3, -0.25) is 10.2 Å². The summed E-state index contributed by atoms with van der Waals surface area (Å²) >= 11 is 0. The minimum atomic E-state index is -1.57. The topological polar surface area (TPSA) is 135 Å². The van der Waals surface area contributed by atoms with Gasteiger partial charge in [-0.1, -0.05) is 0 Å². The number of halogens is 2. The predicted molar refractivity (Wildman–Crippen MR) is 161 cm³/mol. The predicted octanol–water partition coefficient (Wildman–Crippen LogP) is 2.72. The van der Waals surface area contributed by atoms with Crippen LogP contribution in [0.1, 0.15) is 43.4 Å². The van der Waals surface area contributed by atoms with Crippen molar-refractivity contribution in [2.45, 2.75) is 56.8 Å². The molecule has 1 aromatic heterocycles. The van der Waals surface area contributed by atoms with E-state index in [0.717, 1.165) is 31.7 Å². The Morgan fingerprint density at radius 1 is 1.18 bits per heavy atom. The fraction of sp³-hybridized carbons (Fsp3) is 0.424. The molecule has 1 amide bonds. The van der Waals surface area contributed by atoms with Gasteiger partial charge in [0.05, 0.1) is 42.8 Å². The van der Waals surface area contributed by atoms with Crippen LogP contribution >= 0.6 is 0 Å². The van der Waals surface area contributed by atoms with Crippen molar-refractivity contribution in [1.29, 1.82) is 5.41 Å². The van der Waals surface area contributed by atoms with Crippen LogP contribution in [-0.4, -0.2) is 65.7 Å². The van der Waals surface area contributed by atoms with Gasteiger partial charge in [-0.15, -0.1) is 0 Å². The molecule has 6 rings (SSSR count). The summed E-state index contributed by atoms with van der Waals surface area (Å²) in [6.45, 7) is 2.33. The fourth-order valence-corrected chi connectivity index (χ4v) is 5.80. The molecule has 6 N–H and O–H groups in total. The van der Waals surface area contributed by atoms with E-state index in [1.54, 1.807) is 25.1 Å². The first kappa shape index (κ1) is 30.1. The molecule has 0 spiro atoms. The summed E-state index contributed by atoms with van der Waals surface area (Å²) in [7, 11) is 1.45. The Morgan fingerprint density at radius 2 is 1.95 bits per heavy atom. The van der Waals surface area contributed by atoms with E-state index in [0.29, 0.717) is 42.4 Å². The van der Waals surface area contributed by atoms with Crippen LogP contribution in [0.25, 0.3) is 11.3 Å². The van der Waals surface area contributed by atoms with Gasteiger partial charge in [0.15, 0.2) is 0 Å². The highest BCUT2D eigenvalue weighted by Gasteiger charge is 2.47. The zero-order valence-corrected chi connectivity index (χ0v) is 24.9. The average molecular weight is 607 g/mol. The number of nitrogens with two attached hydrogens (primary N) is 1. The maximum Gasteiger partial charge on any atom is 0.251 e. The van der Waals surface area contributed by atoms with Crippen molar-refractivity contribution in [2.75, 3.05) is 31.6 Å². The summed E-state index contributed by atoms with van der Waals surface area (Å²) in [5.74, 6) is -1.79. The van der Waals surface area contributed by atoms with E-state index in [1.807, 2.05) is 16.4 Å². The van der Waals surface area contributed by atoms with Gasteiger partial charge in [-0.25, -0.2) is 13.8 Å². The third kappa shape index (κ3) is 6.17. The number of pyridine rings is 1. The van der Waals surface area contributed by atoms with Crippen molar-refractivity contribution in [3.63, 3.8) is 0 Å². The first-order chi connectivity index (χ1) is 21.0. The van der Waals surface area contributed by atoms with E-state index >= 15 is 4.39 Å². The minimum absolute atomic E-state index is 0.100. The molecule has 0 bridgehead atoms. The number of carbonyl (C=O) groups is 1. The molecule has 9 nitrogen and oxygen atoms in total. The number of carbonyl (C=O) groups excluding carboxylic acids is 1. The normalized spacial score (nSPS) is 22.5. The van der Waals surface area contributed by atoms with Crippen LogP contribution < -0.4 is 15.5 Å². The summed E-state index contributed by atoms with van der Waals surface area (Å²) in [6, 6.07) is 6.15. The van der Waals surface area contributed by atoms with Crippen molar-refractivity contribution < 1.29 is 33.8 Å². The lowest BCUT2D eigenvalue weighted by Crippen LogP contribution is -2.80. The molecule has 1 saturated heterocycles. The van der Waals surface area contributed by atoms with Gasteiger partial charge < -0.3 is 30.5 Å². The molecule has 0 unspecified atom stereocenters. The highest BCUT2D eigenvalue weighted by molar-refractivity contribution is 6.15. The van der Waals surface area contributed by atoms with Crippen molar-refractivity contribution in [3.8, 4) is 11.3 Å². The highest BCUT2D eigenvalue weighted by Crippen LogP contribution is 2.46. The Morgan fingerprint density at radius 3 is 2.61 bits per heavy atom. The van der Waals surface area contributed by atoms with Gasteiger partial charge in [0.25, 0.3) is 5.91 Å². The van der Waals surface area contributed by atoms with Crippen LogP contribution in [0, 0.1) is 29.9 Å². The van der Waals surface area contributed by atoms with Gasteiger partial charge in [0, 0.05) is 48.8 Å². The Kier molecular flexibility index (Phi) is 8.12. The molecule has 2 heterocycles. The number of amides is 1. The van der Waals surface area contributed by atoms with E-state index in [2.05, 4.69) is 5.32 Å². The van der Waals surface area contributed by atoms with Gasteiger partial charge in [-0.05, 0) is 68.0 Å². The summed E-state index contributed by atoms with van der Waals surface area (Å²) in [6.07, 6.45) is 8.73. The summed E-state index contributed by atoms with van der Waals surface area (Å²) < 4.78 is 34.6. The molecule has 232 valence electrons. The Hall–Kier alpha value is -3.93. The molecule has 0 radical (unpaired) electrons. The number of benzene rings is 1. The maximum atomic E-state index is 15.1. The molecule has 1 aromatic carbocycles. The molecule has 44 heavy (non-hydrogen) atoms. The number of nitrogens with zero attached hydrogens (tertiary/aromatic N) is 2. The first-order valence-electron chi connectivity index (χ1n) is 15.1. The molecule has 3 fully saturated rings. The molecular formula is C33H38F2N5O4+. The molecule has 4 aliphatic rings.